The standard InChI is InChI=1S/C21H23N5O3/c1-14-19(21(29)25-12-4-5-15(13-25)9-10-18(27)28)23-24-26(14)17-8-2-6-16-7-3-11-22-20(16)17/h2-3,6-8,11,15H,4-5,9-10,12-13H2,1H3,(H,27,28). The Morgan fingerprint density at radius 3 is 2.90 bits per heavy atom. The highest BCUT2D eigenvalue weighted by atomic mass is 16.4. The molecule has 1 saturated heterocycles. The number of benzene rings is 1. The molecule has 0 bridgehead atoms. The first-order valence-electron chi connectivity index (χ1n) is 9.82. The van der Waals surface area contributed by atoms with Gasteiger partial charge in [-0.1, -0.05) is 23.4 Å². The first-order chi connectivity index (χ1) is 14.0. The molecule has 0 aliphatic carbocycles. The van der Waals surface area contributed by atoms with Crippen molar-refractivity contribution in [2.24, 2.45) is 5.92 Å². The zero-order valence-corrected chi connectivity index (χ0v) is 16.3. The minimum absolute atomic E-state index is 0.135. The molecule has 8 nitrogen and oxygen atoms in total. The van der Waals surface area contributed by atoms with Crippen LogP contribution in [-0.4, -0.2) is 55.0 Å². The quantitative estimate of drug-likeness (QED) is 0.715. The number of nitrogens with zero attached hydrogens (tertiary/aromatic N) is 5. The van der Waals surface area contributed by atoms with E-state index in [1.165, 1.54) is 0 Å². The number of likely N-dealkylation sites (tertiary alicyclic amines) is 1. The molecule has 1 amide bonds. The van der Waals surface area contributed by atoms with Crippen molar-refractivity contribution in [1.29, 1.82) is 0 Å². The molecule has 0 radical (unpaired) electrons. The Morgan fingerprint density at radius 1 is 1.24 bits per heavy atom. The van der Waals surface area contributed by atoms with E-state index in [0.717, 1.165) is 29.4 Å². The molecule has 1 N–H and O–H groups in total. The molecule has 1 fully saturated rings. The number of carboxylic acids is 1. The number of carboxylic acid groups (broad SMARTS) is 1. The summed E-state index contributed by atoms with van der Waals surface area (Å²) in [5.41, 5.74) is 2.58. The van der Waals surface area contributed by atoms with Gasteiger partial charge in [-0.25, -0.2) is 4.68 Å². The first-order valence-corrected chi connectivity index (χ1v) is 9.82. The Morgan fingerprint density at radius 2 is 2.07 bits per heavy atom. The molecule has 2 aromatic heterocycles. The number of amides is 1. The number of hydrogen-bond donors (Lipinski definition) is 1. The van der Waals surface area contributed by atoms with E-state index in [0.29, 0.717) is 30.9 Å². The van der Waals surface area contributed by atoms with Gasteiger partial charge in [-0.05, 0) is 44.2 Å². The van der Waals surface area contributed by atoms with Crippen LogP contribution in [0.3, 0.4) is 0 Å². The molecule has 0 spiro atoms. The zero-order chi connectivity index (χ0) is 20.4. The molecule has 29 heavy (non-hydrogen) atoms. The van der Waals surface area contributed by atoms with Crippen LogP contribution < -0.4 is 0 Å². The topological polar surface area (TPSA) is 101 Å². The van der Waals surface area contributed by atoms with Gasteiger partial charge in [0.1, 0.15) is 0 Å². The smallest absolute Gasteiger partial charge is 0.303 e. The average molecular weight is 393 g/mol. The third-order valence-corrected chi connectivity index (χ3v) is 5.51. The Hall–Kier alpha value is -3.29. The van der Waals surface area contributed by atoms with Crippen LogP contribution in [0.1, 0.15) is 41.9 Å². The number of aromatic nitrogens is 4. The van der Waals surface area contributed by atoms with Gasteiger partial charge in [-0.3, -0.25) is 14.6 Å². The maximum absolute atomic E-state index is 13.1. The lowest BCUT2D eigenvalue weighted by Gasteiger charge is -2.32. The highest BCUT2D eigenvalue weighted by Crippen LogP contribution is 2.25. The summed E-state index contributed by atoms with van der Waals surface area (Å²) in [6, 6.07) is 9.68. The normalized spacial score (nSPS) is 16.9. The number of piperidine rings is 1. The number of hydrogen-bond acceptors (Lipinski definition) is 5. The number of aliphatic carboxylic acids is 1. The molecule has 1 atom stereocenters. The molecule has 8 heteroatoms. The molecular weight excluding hydrogens is 370 g/mol. The molecule has 1 aliphatic heterocycles. The van der Waals surface area contributed by atoms with Gasteiger partial charge in [-0.15, -0.1) is 5.10 Å². The van der Waals surface area contributed by atoms with Crippen molar-refractivity contribution in [3.63, 3.8) is 0 Å². The van der Waals surface area contributed by atoms with Crippen LogP contribution in [0.25, 0.3) is 16.6 Å². The van der Waals surface area contributed by atoms with E-state index >= 15 is 0 Å². The van der Waals surface area contributed by atoms with Crippen molar-refractivity contribution in [3.05, 3.63) is 47.9 Å². The van der Waals surface area contributed by atoms with E-state index < -0.39 is 5.97 Å². The molecule has 0 saturated carbocycles. The number of pyridine rings is 1. The van der Waals surface area contributed by atoms with Crippen molar-refractivity contribution in [1.82, 2.24) is 24.9 Å². The summed E-state index contributed by atoms with van der Waals surface area (Å²) in [6.07, 6.45) is 4.28. The number of para-hydroxylation sites is 1. The predicted octanol–water partition coefficient (Wildman–Crippen LogP) is 2.84. The fourth-order valence-corrected chi connectivity index (χ4v) is 3.98. The third-order valence-electron chi connectivity index (χ3n) is 5.51. The fourth-order valence-electron chi connectivity index (χ4n) is 3.98. The van der Waals surface area contributed by atoms with Crippen molar-refractivity contribution in [3.8, 4) is 5.69 Å². The van der Waals surface area contributed by atoms with Crippen LogP contribution in [0.15, 0.2) is 36.5 Å². The molecule has 4 rings (SSSR count). The van der Waals surface area contributed by atoms with Gasteiger partial charge >= 0.3 is 5.97 Å². The van der Waals surface area contributed by atoms with Gasteiger partial charge < -0.3 is 10.0 Å². The summed E-state index contributed by atoms with van der Waals surface area (Å²) in [5, 5.41) is 18.3. The van der Waals surface area contributed by atoms with Crippen LogP contribution in [0.4, 0.5) is 0 Å². The van der Waals surface area contributed by atoms with Gasteiger partial charge in [0.25, 0.3) is 5.91 Å². The van der Waals surface area contributed by atoms with Crippen molar-refractivity contribution in [2.75, 3.05) is 13.1 Å². The Balaban J connectivity index is 1.58. The van der Waals surface area contributed by atoms with E-state index in [1.54, 1.807) is 15.8 Å². The van der Waals surface area contributed by atoms with Crippen molar-refractivity contribution < 1.29 is 14.7 Å². The summed E-state index contributed by atoms with van der Waals surface area (Å²) in [4.78, 5) is 30.2. The minimum Gasteiger partial charge on any atom is -0.481 e. The Kier molecular flexibility index (Phi) is 5.24. The van der Waals surface area contributed by atoms with Crippen molar-refractivity contribution >= 4 is 22.8 Å². The lowest BCUT2D eigenvalue weighted by atomic mass is 9.93. The summed E-state index contributed by atoms with van der Waals surface area (Å²) in [7, 11) is 0. The highest BCUT2D eigenvalue weighted by molar-refractivity contribution is 5.94. The fraction of sp³-hybridized carbons (Fsp3) is 0.381. The van der Waals surface area contributed by atoms with Crippen LogP contribution in [0, 0.1) is 12.8 Å². The molecule has 1 unspecified atom stereocenters. The van der Waals surface area contributed by atoms with E-state index in [4.69, 9.17) is 5.11 Å². The van der Waals surface area contributed by atoms with Crippen LogP contribution in [-0.2, 0) is 4.79 Å². The van der Waals surface area contributed by atoms with Gasteiger partial charge in [0.15, 0.2) is 5.69 Å². The second-order valence-corrected chi connectivity index (χ2v) is 7.48. The van der Waals surface area contributed by atoms with E-state index in [-0.39, 0.29) is 18.2 Å². The average Bonchev–Trinajstić information content (AvgIpc) is 3.12. The summed E-state index contributed by atoms with van der Waals surface area (Å²) in [5.74, 6) is -0.737. The largest absolute Gasteiger partial charge is 0.481 e. The number of fused-ring (bicyclic) bond motifs is 1. The van der Waals surface area contributed by atoms with Gasteiger partial charge in [-0.2, -0.15) is 0 Å². The van der Waals surface area contributed by atoms with E-state index in [1.807, 2.05) is 37.3 Å². The second-order valence-electron chi connectivity index (χ2n) is 7.48. The number of carbonyl (C=O) groups excluding carboxylic acids is 1. The molecule has 1 aliphatic rings. The maximum Gasteiger partial charge on any atom is 0.303 e. The summed E-state index contributed by atoms with van der Waals surface area (Å²) in [6.45, 7) is 3.06. The Bertz CT molecular complexity index is 1060. The molecule has 150 valence electrons. The van der Waals surface area contributed by atoms with E-state index in [2.05, 4.69) is 15.3 Å². The monoisotopic (exact) mass is 393 g/mol. The maximum atomic E-state index is 13.1. The zero-order valence-electron chi connectivity index (χ0n) is 16.3. The van der Waals surface area contributed by atoms with Gasteiger partial charge in [0.2, 0.25) is 0 Å². The number of rotatable bonds is 5. The second kappa shape index (κ2) is 7.98. The first kappa shape index (κ1) is 19.0. The predicted molar refractivity (Wildman–Crippen MR) is 107 cm³/mol. The molecule has 3 heterocycles. The van der Waals surface area contributed by atoms with Crippen LogP contribution in [0.5, 0.6) is 0 Å². The van der Waals surface area contributed by atoms with Crippen LogP contribution >= 0.6 is 0 Å². The van der Waals surface area contributed by atoms with Crippen molar-refractivity contribution in [2.45, 2.75) is 32.6 Å². The van der Waals surface area contributed by atoms with Gasteiger partial charge in [0, 0.05) is 31.1 Å². The lowest BCUT2D eigenvalue weighted by molar-refractivity contribution is -0.137. The van der Waals surface area contributed by atoms with E-state index in [9.17, 15) is 9.59 Å². The summed E-state index contributed by atoms with van der Waals surface area (Å²) >= 11 is 0. The minimum atomic E-state index is -0.795. The Labute approximate surface area is 168 Å². The third kappa shape index (κ3) is 3.83. The number of carbonyl (C=O) groups is 2. The highest BCUT2D eigenvalue weighted by Gasteiger charge is 2.28. The lowest BCUT2D eigenvalue weighted by Crippen LogP contribution is -2.40. The van der Waals surface area contributed by atoms with Gasteiger partial charge in [0.05, 0.1) is 16.9 Å². The molecular formula is C21H23N5O3. The molecule has 1 aromatic carbocycles. The van der Waals surface area contributed by atoms with Crippen LogP contribution in [0.2, 0.25) is 0 Å². The SMILES string of the molecule is Cc1c(C(=O)N2CCCC(CCC(=O)O)C2)nnn1-c1cccc2cccnc12. The molecule has 3 aromatic rings. The summed E-state index contributed by atoms with van der Waals surface area (Å²) < 4.78 is 1.66.